The molecule has 1 aliphatic heterocycles. The number of fused-ring (bicyclic) bond motifs is 1. The fraction of sp³-hybridized carbons (Fsp3) is 0.320. The smallest absolute Gasteiger partial charge is 0.410 e. The molecular formula is C25H28N4O4S. The van der Waals surface area contributed by atoms with Gasteiger partial charge in [-0.25, -0.2) is 9.00 Å². The SMILES string of the molecule is CCOC(=O)N1C(C)CN(C(=O)c2ccc(NS(=O)c3cccc4cccnc34)cc2)CC1C. The maximum atomic E-state index is 13.1. The van der Waals surface area contributed by atoms with E-state index >= 15 is 0 Å². The normalized spacial score (nSPS) is 19.0. The maximum Gasteiger partial charge on any atom is 0.410 e. The molecule has 2 aromatic carbocycles. The molecule has 1 fully saturated rings. The third kappa shape index (κ3) is 4.89. The number of aromatic nitrogens is 1. The Morgan fingerprint density at radius 2 is 1.74 bits per heavy atom. The van der Waals surface area contributed by atoms with Crippen molar-refractivity contribution in [3.05, 3.63) is 66.4 Å². The summed E-state index contributed by atoms with van der Waals surface area (Å²) < 4.78 is 21.1. The van der Waals surface area contributed by atoms with Gasteiger partial charge in [0.15, 0.2) is 11.0 Å². The molecular weight excluding hydrogens is 452 g/mol. The van der Waals surface area contributed by atoms with Crippen LogP contribution in [-0.2, 0) is 15.7 Å². The van der Waals surface area contributed by atoms with Crippen LogP contribution in [0.2, 0.25) is 0 Å². The molecule has 0 radical (unpaired) electrons. The summed E-state index contributed by atoms with van der Waals surface area (Å²) in [6.45, 7) is 6.79. The van der Waals surface area contributed by atoms with E-state index in [1.54, 1.807) is 53.3 Å². The molecule has 3 aromatic rings. The minimum Gasteiger partial charge on any atom is -0.450 e. The zero-order chi connectivity index (χ0) is 24.2. The molecule has 3 unspecified atom stereocenters. The molecule has 34 heavy (non-hydrogen) atoms. The van der Waals surface area contributed by atoms with Crippen LogP contribution in [0.5, 0.6) is 0 Å². The highest BCUT2D eigenvalue weighted by atomic mass is 32.2. The average molecular weight is 481 g/mol. The lowest BCUT2D eigenvalue weighted by molar-refractivity contribution is 0.0228. The summed E-state index contributed by atoms with van der Waals surface area (Å²) in [5.74, 6) is -0.104. The minimum atomic E-state index is -1.51. The molecule has 0 bridgehead atoms. The van der Waals surface area contributed by atoms with E-state index in [2.05, 4.69) is 9.71 Å². The first-order valence-corrected chi connectivity index (χ1v) is 12.4. The highest BCUT2D eigenvalue weighted by Crippen LogP contribution is 2.23. The van der Waals surface area contributed by atoms with Crippen LogP contribution in [0, 0.1) is 0 Å². The second-order valence-corrected chi connectivity index (χ2v) is 9.48. The van der Waals surface area contributed by atoms with Gasteiger partial charge < -0.3 is 14.4 Å². The first-order valence-electron chi connectivity index (χ1n) is 11.3. The van der Waals surface area contributed by atoms with Crippen LogP contribution in [0.4, 0.5) is 10.5 Å². The van der Waals surface area contributed by atoms with Crippen molar-refractivity contribution in [2.24, 2.45) is 0 Å². The van der Waals surface area contributed by atoms with E-state index in [1.165, 1.54) is 0 Å². The minimum absolute atomic E-state index is 0.104. The Hall–Kier alpha value is -3.46. The largest absolute Gasteiger partial charge is 0.450 e. The number of hydrogen-bond donors (Lipinski definition) is 1. The number of nitrogens with one attached hydrogen (secondary N) is 1. The van der Waals surface area contributed by atoms with Crippen LogP contribution < -0.4 is 4.72 Å². The van der Waals surface area contributed by atoms with Gasteiger partial charge in [-0.15, -0.1) is 0 Å². The average Bonchev–Trinajstić information content (AvgIpc) is 2.83. The van der Waals surface area contributed by atoms with Gasteiger partial charge in [-0.1, -0.05) is 18.2 Å². The number of ether oxygens (including phenoxy) is 1. The summed E-state index contributed by atoms with van der Waals surface area (Å²) in [5, 5.41) is 0.919. The lowest BCUT2D eigenvalue weighted by atomic mass is 10.1. The second kappa shape index (κ2) is 10.2. The summed E-state index contributed by atoms with van der Waals surface area (Å²) in [4.78, 5) is 33.7. The number of anilines is 1. The van der Waals surface area contributed by atoms with Crippen LogP contribution >= 0.6 is 0 Å². The van der Waals surface area contributed by atoms with Crippen LogP contribution in [0.15, 0.2) is 65.7 Å². The first-order chi connectivity index (χ1) is 16.4. The van der Waals surface area contributed by atoms with Crippen molar-refractivity contribution < 1.29 is 18.5 Å². The molecule has 9 heteroatoms. The van der Waals surface area contributed by atoms with Gasteiger partial charge in [0.25, 0.3) is 5.91 Å². The summed E-state index contributed by atoms with van der Waals surface area (Å²) in [6, 6.07) is 16.0. The zero-order valence-electron chi connectivity index (χ0n) is 19.4. The van der Waals surface area contributed by atoms with E-state index in [-0.39, 0.29) is 24.1 Å². The molecule has 0 spiro atoms. The van der Waals surface area contributed by atoms with Crippen molar-refractivity contribution in [3.63, 3.8) is 0 Å². The van der Waals surface area contributed by atoms with Gasteiger partial charge in [-0.2, -0.15) is 0 Å². The highest BCUT2D eigenvalue weighted by molar-refractivity contribution is 7.86. The molecule has 1 saturated heterocycles. The quantitative estimate of drug-likeness (QED) is 0.595. The number of piperazine rings is 1. The van der Waals surface area contributed by atoms with Gasteiger partial charge in [0.05, 0.1) is 29.1 Å². The number of carbonyl (C=O) groups excluding carboxylic acids is 2. The number of benzene rings is 2. The van der Waals surface area contributed by atoms with E-state index in [4.69, 9.17) is 4.74 Å². The number of hydrogen-bond acceptors (Lipinski definition) is 5. The Bertz CT molecular complexity index is 1200. The second-order valence-electron chi connectivity index (χ2n) is 8.29. The molecule has 2 amide bonds. The number of carbonyl (C=O) groups is 2. The van der Waals surface area contributed by atoms with Gasteiger partial charge in [0.1, 0.15) is 0 Å². The van der Waals surface area contributed by atoms with E-state index in [9.17, 15) is 13.8 Å². The van der Waals surface area contributed by atoms with Crippen LogP contribution in [0.1, 0.15) is 31.1 Å². The summed E-state index contributed by atoms with van der Waals surface area (Å²) in [6.07, 6.45) is 1.33. The molecule has 0 aliphatic carbocycles. The topological polar surface area (TPSA) is 91.8 Å². The predicted octanol–water partition coefficient (Wildman–Crippen LogP) is 4.06. The molecule has 178 valence electrons. The summed E-state index contributed by atoms with van der Waals surface area (Å²) in [7, 11) is -1.51. The third-order valence-corrected chi connectivity index (χ3v) is 6.97. The zero-order valence-corrected chi connectivity index (χ0v) is 20.2. The van der Waals surface area contributed by atoms with E-state index in [0.717, 1.165) is 5.39 Å². The molecule has 4 rings (SSSR count). The molecule has 1 aromatic heterocycles. The van der Waals surface area contributed by atoms with Crippen molar-refractivity contribution in [1.82, 2.24) is 14.8 Å². The molecule has 8 nitrogen and oxygen atoms in total. The third-order valence-electron chi connectivity index (χ3n) is 5.82. The molecule has 0 saturated carbocycles. The van der Waals surface area contributed by atoms with Crippen LogP contribution in [0.3, 0.4) is 0 Å². The summed E-state index contributed by atoms with van der Waals surface area (Å²) in [5.41, 5.74) is 1.86. The van der Waals surface area contributed by atoms with Gasteiger partial charge in [0, 0.05) is 35.9 Å². The lowest BCUT2D eigenvalue weighted by Crippen LogP contribution is -2.59. The fourth-order valence-electron chi connectivity index (χ4n) is 4.30. The Balaban J connectivity index is 1.43. The summed E-state index contributed by atoms with van der Waals surface area (Å²) >= 11 is 0. The van der Waals surface area contributed by atoms with E-state index < -0.39 is 11.0 Å². The number of nitrogens with zero attached hydrogens (tertiary/aromatic N) is 3. The molecule has 2 heterocycles. The van der Waals surface area contributed by atoms with Gasteiger partial charge in [-0.05, 0) is 57.2 Å². The van der Waals surface area contributed by atoms with Crippen molar-refractivity contribution in [2.45, 2.75) is 37.8 Å². The van der Waals surface area contributed by atoms with E-state index in [1.807, 2.05) is 38.1 Å². The number of pyridine rings is 1. The van der Waals surface area contributed by atoms with Gasteiger partial charge in [-0.3, -0.25) is 14.7 Å². The maximum absolute atomic E-state index is 13.1. The van der Waals surface area contributed by atoms with E-state index in [0.29, 0.717) is 41.4 Å². The monoisotopic (exact) mass is 480 g/mol. The Kier molecular flexibility index (Phi) is 7.12. The molecule has 1 N–H and O–H groups in total. The Morgan fingerprint density at radius 1 is 1.06 bits per heavy atom. The van der Waals surface area contributed by atoms with Gasteiger partial charge >= 0.3 is 6.09 Å². The van der Waals surface area contributed by atoms with Crippen molar-refractivity contribution in [3.8, 4) is 0 Å². The van der Waals surface area contributed by atoms with Crippen LogP contribution in [-0.4, -0.2) is 62.8 Å². The predicted molar refractivity (Wildman–Crippen MR) is 132 cm³/mol. The van der Waals surface area contributed by atoms with Crippen molar-refractivity contribution >= 4 is 39.6 Å². The standard InChI is InChI=1S/C25H28N4O4S/c1-4-33-25(31)29-17(2)15-28(16-18(29)3)24(30)20-10-12-21(13-11-20)27-34(32)22-9-5-7-19-8-6-14-26-23(19)22/h5-14,17-18,27H,4,15-16H2,1-3H3. The number of amides is 2. The Labute approximate surface area is 201 Å². The fourth-order valence-corrected chi connectivity index (χ4v) is 5.31. The first kappa shape index (κ1) is 23.7. The van der Waals surface area contributed by atoms with Crippen molar-refractivity contribution in [2.75, 3.05) is 24.4 Å². The lowest BCUT2D eigenvalue weighted by Gasteiger charge is -2.43. The van der Waals surface area contributed by atoms with Crippen molar-refractivity contribution in [1.29, 1.82) is 0 Å². The number of para-hydroxylation sites is 1. The van der Waals surface area contributed by atoms with Crippen LogP contribution in [0.25, 0.3) is 10.9 Å². The molecule has 3 atom stereocenters. The highest BCUT2D eigenvalue weighted by Gasteiger charge is 2.35. The Morgan fingerprint density at radius 3 is 2.41 bits per heavy atom. The molecule has 1 aliphatic rings. The van der Waals surface area contributed by atoms with Gasteiger partial charge in [0.2, 0.25) is 0 Å². The number of rotatable bonds is 5.